The summed E-state index contributed by atoms with van der Waals surface area (Å²) in [5.74, 6) is -0.143. The maximum atomic E-state index is 12.3. The highest BCUT2D eigenvalue weighted by molar-refractivity contribution is 9.10. The number of carbonyl (C=O) groups excluding carboxylic acids is 2. The Morgan fingerprint density at radius 1 is 0.607 bits per heavy atom. The Hall–Kier alpha value is -2.56. The van der Waals surface area contributed by atoms with Crippen molar-refractivity contribution < 1.29 is 9.59 Å². The standard InChI is InChI=1S/C24H16Br2O2/c25-21-10-3-1-8-19(21)23(27)14-12-17-6-5-7-18(16-17)13-15-24(28)20-9-2-4-11-22(20)26/h1-16H/b14-12+,15-13+. The number of carbonyl (C=O) groups is 2. The summed E-state index contributed by atoms with van der Waals surface area (Å²) in [7, 11) is 0. The van der Waals surface area contributed by atoms with Crippen LogP contribution in [-0.4, -0.2) is 11.6 Å². The van der Waals surface area contributed by atoms with Gasteiger partial charge in [-0.1, -0.05) is 86.5 Å². The van der Waals surface area contributed by atoms with Crippen LogP contribution in [0.2, 0.25) is 0 Å². The highest BCUT2D eigenvalue weighted by Crippen LogP contribution is 2.19. The highest BCUT2D eigenvalue weighted by atomic mass is 79.9. The lowest BCUT2D eigenvalue weighted by molar-refractivity contribution is 0.103. The number of hydrogen-bond acceptors (Lipinski definition) is 2. The predicted octanol–water partition coefficient (Wildman–Crippen LogP) is 7.00. The summed E-state index contributed by atoms with van der Waals surface area (Å²) in [6.45, 7) is 0. The molecule has 0 fully saturated rings. The van der Waals surface area contributed by atoms with Gasteiger partial charge >= 0.3 is 0 Å². The van der Waals surface area contributed by atoms with Crippen molar-refractivity contribution in [2.24, 2.45) is 0 Å². The van der Waals surface area contributed by atoms with E-state index in [2.05, 4.69) is 31.9 Å². The average Bonchev–Trinajstić information content (AvgIpc) is 2.71. The topological polar surface area (TPSA) is 34.1 Å². The molecule has 0 spiro atoms. The summed E-state index contributed by atoms with van der Waals surface area (Å²) in [6, 6.07) is 22.3. The Kier molecular flexibility index (Phi) is 6.90. The fourth-order valence-corrected chi connectivity index (χ4v) is 3.57. The minimum Gasteiger partial charge on any atom is -0.289 e. The summed E-state index contributed by atoms with van der Waals surface area (Å²) in [5.41, 5.74) is 3.01. The Labute approximate surface area is 180 Å². The van der Waals surface area contributed by atoms with Gasteiger partial charge in [0.05, 0.1) is 0 Å². The van der Waals surface area contributed by atoms with Crippen LogP contribution in [0.3, 0.4) is 0 Å². The molecule has 0 aliphatic carbocycles. The Morgan fingerprint density at radius 2 is 1.04 bits per heavy atom. The minimum absolute atomic E-state index is 0.0717. The van der Waals surface area contributed by atoms with Crippen molar-refractivity contribution in [3.8, 4) is 0 Å². The van der Waals surface area contributed by atoms with E-state index >= 15 is 0 Å². The summed E-state index contributed by atoms with van der Waals surface area (Å²) in [5, 5.41) is 0. The van der Waals surface area contributed by atoms with Crippen LogP contribution in [0.1, 0.15) is 31.8 Å². The van der Waals surface area contributed by atoms with E-state index in [4.69, 9.17) is 0 Å². The third-order valence-corrected chi connectivity index (χ3v) is 5.43. The van der Waals surface area contributed by atoms with Gasteiger partial charge in [0.15, 0.2) is 11.6 Å². The zero-order chi connectivity index (χ0) is 19.9. The van der Waals surface area contributed by atoms with Gasteiger partial charge < -0.3 is 0 Å². The molecule has 2 nitrogen and oxygen atoms in total. The van der Waals surface area contributed by atoms with Crippen LogP contribution in [0.4, 0.5) is 0 Å². The van der Waals surface area contributed by atoms with Crippen molar-refractivity contribution in [3.63, 3.8) is 0 Å². The smallest absolute Gasteiger partial charge is 0.186 e. The monoisotopic (exact) mass is 494 g/mol. The van der Waals surface area contributed by atoms with Gasteiger partial charge in [-0.3, -0.25) is 9.59 Å². The van der Waals surface area contributed by atoms with E-state index in [1.807, 2.05) is 60.7 Å². The SMILES string of the molecule is O=C(/C=C/c1cccc(/C=C/C(=O)c2ccccc2Br)c1)c1ccccc1Br. The molecule has 0 aromatic heterocycles. The zero-order valence-corrected chi connectivity index (χ0v) is 18.0. The Bertz CT molecular complexity index is 998. The molecule has 28 heavy (non-hydrogen) atoms. The van der Waals surface area contributed by atoms with Gasteiger partial charge in [0, 0.05) is 20.1 Å². The van der Waals surface area contributed by atoms with Crippen molar-refractivity contribution >= 4 is 55.6 Å². The van der Waals surface area contributed by atoms with E-state index in [0.29, 0.717) is 11.1 Å². The van der Waals surface area contributed by atoms with Crippen molar-refractivity contribution in [2.75, 3.05) is 0 Å². The second-order valence-corrected chi connectivity index (χ2v) is 7.73. The number of halogens is 2. The van der Waals surface area contributed by atoms with Crippen LogP contribution < -0.4 is 0 Å². The molecule has 0 aliphatic rings. The normalized spacial score (nSPS) is 11.2. The van der Waals surface area contributed by atoms with Gasteiger partial charge in [-0.15, -0.1) is 0 Å². The van der Waals surface area contributed by atoms with Crippen LogP contribution in [0.5, 0.6) is 0 Å². The molecule has 3 rings (SSSR count). The average molecular weight is 496 g/mol. The lowest BCUT2D eigenvalue weighted by atomic mass is 10.1. The molecule has 3 aromatic carbocycles. The molecular formula is C24H16Br2O2. The molecule has 4 heteroatoms. The van der Waals surface area contributed by atoms with Crippen molar-refractivity contribution in [3.05, 3.63) is 116 Å². The summed E-state index contributed by atoms with van der Waals surface area (Å²) < 4.78 is 1.54. The number of benzene rings is 3. The first-order valence-electron chi connectivity index (χ1n) is 8.58. The van der Waals surface area contributed by atoms with E-state index in [1.54, 1.807) is 36.4 Å². The number of hydrogen-bond donors (Lipinski definition) is 0. The molecular weight excluding hydrogens is 480 g/mol. The van der Waals surface area contributed by atoms with Crippen LogP contribution in [0, 0.1) is 0 Å². The lowest BCUT2D eigenvalue weighted by Gasteiger charge is -2.01. The maximum absolute atomic E-state index is 12.3. The van der Waals surface area contributed by atoms with Crippen LogP contribution in [-0.2, 0) is 0 Å². The summed E-state index contributed by atoms with van der Waals surface area (Å²) in [6.07, 6.45) is 6.65. The molecule has 0 N–H and O–H groups in total. The van der Waals surface area contributed by atoms with Gasteiger partial charge in [-0.25, -0.2) is 0 Å². The van der Waals surface area contributed by atoms with Crippen LogP contribution in [0.25, 0.3) is 12.2 Å². The van der Waals surface area contributed by atoms with Crippen LogP contribution >= 0.6 is 31.9 Å². The van der Waals surface area contributed by atoms with E-state index in [-0.39, 0.29) is 11.6 Å². The molecule has 138 valence electrons. The lowest BCUT2D eigenvalue weighted by Crippen LogP contribution is -1.95. The Balaban J connectivity index is 1.74. The fraction of sp³-hybridized carbons (Fsp3) is 0. The van der Waals surface area contributed by atoms with Gasteiger partial charge in [-0.05, 0) is 53.6 Å². The number of allylic oxidation sites excluding steroid dienone is 2. The molecule has 0 bridgehead atoms. The van der Waals surface area contributed by atoms with Crippen LogP contribution in [0.15, 0.2) is 93.9 Å². The number of rotatable bonds is 6. The van der Waals surface area contributed by atoms with Crippen molar-refractivity contribution in [1.82, 2.24) is 0 Å². The van der Waals surface area contributed by atoms with Gasteiger partial charge in [-0.2, -0.15) is 0 Å². The van der Waals surface area contributed by atoms with E-state index < -0.39 is 0 Å². The second-order valence-electron chi connectivity index (χ2n) is 6.02. The second kappa shape index (κ2) is 9.58. The molecule has 0 heterocycles. The molecule has 0 atom stereocenters. The van der Waals surface area contributed by atoms with E-state index in [9.17, 15) is 9.59 Å². The predicted molar refractivity (Wildman–Crippen MR) is 121 cm³/mol. The summed E-state index contributed by atoms with van der Waals surface area (Å²) in [4.78, 5) is 24.7. The molecule has 0 unspecified atom stereocenters. The van der Waals surface area contributed by atoms with Gasteiger partial charge in [0.25, 0.3) is 0 Å². The molecule has 3 aromatic rings. The highest BCUT2D eigenvalue weighted by Gasteiger charge is 2.06. The first-order valence-corrected chi connectivity index (χ1v) is 10.2. The van der Waals surface area contributed by atoms with Crippen molar-refractivity contribution in [1.29, 1.82) is 0 Å². The Morgan fingerprint density at radius 3 is 1.46 bits per heavy atom. The largest absolute Gasteiger partial charge is 0.289 e. The molecule has 0 radical (unpaired) electrons. The zero-order valence-electron chi connectivity index (χ0n) is 14.8. The van der Waals surface area contributed by atoms with E-state index in [1.165, 1.54) is 0 Å². The first kappa shape index (κ1) is 20.2. The molecule has 0 saturated heterocycles. The number of ketones is 2. The third kappa shape index (κ3) is 5.24. The van der Waals surface area contributed by atoms with Crippen molar-refractivity contribution in [2.45, 2.75) is 0 Å². The van der Waals surface area contributed by atoms with Gasteiger partial charge in [0.1, 0.15) is 0 Å². The van der Waals surface area contributed by atoms with E-state index in [0.717, 1.165) is 20.1 Å². The summed E-state index contributed by atoms with van der Waals surface area (Å²) >= 11 is 6.79. The molecule has 0 amide bonds. The fourth-order valence-electron chi connectivity index (χ4n) is 2.61. The molecule has 0 aliphatic heterocycles. The van der Waals surface area contributed by atoms with Gasteiger partial charge in [0.2, 0.25) is 0 Å². The quantitative estimate of drug-likeness (QED) is 0.272. The first-order chi connectivity index (χ1) is 13.5. The third-order valence-electron chi connectivity index (χ3n) is 4.04. The maximum Gasteiger partial charge on any atom is 0.186 e. The molecule has 0 saturated carbocycles. The minimum atomic E-state index is -0.0717.